The lowest BCUT2D eigenvalue weighted by atomic mass is 9.93. The molecular formula is C113H148N4O4S10. The molecular weight excluding hydrogens is 1800 g/mol. The van der Waals surface area contributed by atoms with Gasteiger partial charge in [0.15, 0.2) is 0 Å². The normalized spacial score (nSPS) is 15.2. The van der Waals surface area contributed by atoms with Crippen molar-refractivity contribution < 1.29 is 19.2 Å². The molecule has 0 N–H and O–H groups in total. The first-order valence-corrected chi connectivity index (χ1v) is 59.8. The van der Waals surface area contributed by atoms with Gasteiger partial charge >= 0.3 is 0 Å². The SMILES string of the molecule is CCCCCCCCC(CCCCCC)CN1C(=O)C2=C(c3ccc(-c4ccc(-c5ccc(-c6cccs6)s5)s4)s3)N(CC(CCCCCC)CCCCCCC)C(=O)C2=C1c1ccc(-c2ccc(C3=C4C(=O)N(CC(CCCCCC)CCCCCCC)C(c5ccc(-c6ccc(-c7ccc(-c8cccs8)s7)s6)s5)=C4C(=O)N3CC(CCCCCC)CCCCCCC)s2)s1. The lowest BCUT2D eigenvalue weighted by molar-refractivity contribution is -0.124. The zero-order valence-corrected chi connectivity index (χ0v) is 88.3. The van der Waals surface area contributed by atoms with Crippen LogP contribution in [0.1, 0.15) is 364 Å². The van der Waals surface area contributed by atoms with Crippen molar-refractivity contribution in [3.8, 4) is 68.3 Å². The lowest BCUT2D eigenvalue weighted by Crippen LogP contribution is -2.34. The molecule has 131 heavy (non-hydrogen) atoms. The maximum Gasteiger partial charge on any atom is 0.261 e. The maximum absolute atomic E-state index is 16.9. The highest BCUT2D eigenvalue weighted by Crippen LogP contribution is 2.56. The molecule has 4 aliphatic rings. The number of carbonyl (C=O) groups is 4. The quantitative estimate of drug-likeness (QED) is 0.0356. The Morgan fingerprint density at radius 3 is 0.519 bits per heavy atom. The van der Waals surface area contributed by atoms with E-state index in [0.29, 0.717) is 48.5 Å². The van der Waals surface area contributed by atoms with Gasteiger partial charge in [-0.25, -0.2) is 0 Å². The van der Waals surface area contributed by atoms with Crippen LogP contribution in [0, 0.1) is 23.7 Å². The van der Waals surface area contributed by atoms with E-state index < -0.39 is 0 Å². The number of carbonyl (C=O) groups excluding carboxylic acids is 4. The first-order chi connectivity index (χ1) is 64.4. The number of hydrogen-bond acceptors (Lipinski definition) is 14. The number of amides is 4. The smallest absolute Gasteiger partial charge is 0.261 e. The van der Waals surface area contributed by atoms with Crippen LogP contribution in [-0.4, -0.2) is 69.4 Å². The average Bonchev–Trinajstić information content (AvgIpc) is 1.56. The van der Waals surface area contributed by atoms with Gasteiger partial charge in [0.2, 0.25) is 0 Å². The van der Waals surface area contributed by atoms with E-state index in [0.717, 1.165) is 165 Å². The molecule has 4 unspecified atom stereocenters. The molecule has 0 aromatic carbocycles. The minimum atomic E-state index is -0.0319. The molecule has 0 fully saturated rings. The van der Waals surface area contributed by atoms with Crippen LogP contribution in [0.5, 0.6) is 0 Å². The Morgan fingerprint density at radius 1 is 0.191 bits per heavy atom. The van der Waals surface area contributed by atoms with Crippen molar-refractivity contribution in [3.63, 3.8) is 0 Å². The predicted octanol–water partition coefficient (Wildman–Crippen LogP) is 37.8. The predicted molar refractivity (Wildman–Crippen MR) is 578 cm³/mol. The number of unbranched alkanes of at least 4 members (excludes halogenated alkanes) is 29. The first-order valence-electron chi connectivity index (χ1n) is 51.5. The highest BCUT2D eigenvalue weighted by Gasteiger charge is 2.53. The number of fused-ring (bicyclic) bond motifs is 2. The molecule has 4 amide bonds. The zero-order chi connectivity index (χ0) is 91.2. The van der Waals surface area contributed by atoms with Crippen LogP contribution >= 0.6 is 113 Å². The summed E-state index contributed by atoms with van der Waals surface area (Å²) in [5, 5.41) is 4.31. The summed E-state index contributed by atoms with van der Waals surface area (Å²) in [5.41, 5.74) is 5.51. The minimum absolute atomic E-state index is 0.0306. The van der Waals surface area contributed by atoms with Crippen molar-refractivity contribution in [2.45, 2.75) is 344 Å². The van der Waals surface area contributed by atoms with E-state index in [2.05, 4.69) is 207 Å². The second kappa shape index (κ2) is 52.4. The summed E-state index contributed by atoms with van der Waals surface area (Å²) >= 11 is 17.8. The lowest BCUT2D eigenvalue weighted by Gasteiger charge is -2.29. The molecule has 0 saturated heterocycles. The van der Waals surface area contributed by atoms with E-state index in [1.54, 1.807) is 68.0 Å². The van der Waals surface area contributed by atoms with Crippen molar-refractivity contribution >= 4 is 160 Å². The third-order valence-corrected chi connectivity index (χ3v) is 39.4. The second-order valence-corrected chi connectivity index (χ2v) is 48.4. The summed E-state index contributed by atoms with van der Waals surface area (Å²) in [4.78, 5) is 96.8. The van der Waals surface area contributed by atoms with Crippen LogP contribution in [0.25, 0.3) is 91.1 Å². The van der Waals surface area contributed by atoms with Crippen molar-refractivity contribution in [1.82, 2.24) is 19.6 Å². The Balaban J connectivity index is 0.893. The van der Waals surface area contributed by atoms with Gasteiger partial charge in [0, 0.05) is 94.5 Å². The first kappa shape index (κ1) is 101. The molecule has 704 valence electrons. The van der Waals surface area contributed by atoms with E-state index in [9.17, 15) is 0 Å². The number of hydrogen-bond donors (Lipinski definition) is 0. The van der Waals surface area contributed by atoms with Crippen LogP contribution in [0.15, 0.2) is 154 Å². The van der Waals surface area contributed by atoms with E-state index >= 15 is 19.2 Å². The highest BCUT2D eigenvalue weighted by atomic mass is 32.1. The molecule has 8 nitrogen and oxygen atoms in total. The van der Waals surface area contributed by atoms with Gasteiger partial charge in [0.05, 0.1) is 64.6 Å². The topological polar surface area (TPSA) is 81.2 Å². The Hall–Kier alpha value is -6.16. The standard InChI is InChI=1S/C113H148N4O4S10/c1-9-17-25-33-37-45-55-83(51-41-32-24-16-8)79-117-109(105-103(111(117)119)107(115(113(105)121)77-81(49-39-30-22-14-6)53-43-35-27-19-11-3)99-71-67-95(129-99)93-65-63-91(127-93)89-61-59-87(125-89)85-57-47-75-123-85)101-73-69-97(131-101)96-68-72-100(130-96)108-104-102(110(118)116(108)78-82(50-40-31-23-15-7)54-44-36-28-20-12-4)106(114(112(104)120)76-80(48-38-29-21-13-5)52-42-34-26-18-10-2)98-70-66-94(128-98)92-64-62-90(126-92)88-60-58-86(124-88)84-56-46-74-122-84/h46-47,56-75,80-83H,9-45,48-55,76-79H2,1-8H3. The third kappa shape index (κ3) is 26.2. The van der Waals surface area contributed by atoms with E-state index in [1.165, 1.54) is 235 Å². The molecule has 0 aliphatic carbocycles. The van der Waals surface area contributed by atoms with Crippen LogP contribution in [0.3, 0.4) is 0 Å². The van der Waals surface area contributed by atoms with Crippen molar-refractivity contribution in [1.29, 1.82) is 0 Å². The largest absolute Gasteiger partial charge is 0.306 e. The van der Waals surface area contributed by atoms with Gasteiger partial charge in [0.25, 0.3) is 23.6 Å². The van der Waals surface area contributed by atoms with Gasteiger partial charge in [-0.15, -0.1) is 113 Å². The Labute approximate surface area is 827 Å². The molecule has 10 aromatic heterocycles. The fraction of sp³-hybridized carbons (Fsp3) is 0.540. The molecule has 0 saturated carbocycles. The van der Waals surface area contributed by atoms with Gasteiger partial charge in [-0.05, 0) is 195 Å². The van der Waals surface area contributed by atoms with E-state index in [-0.39, 0.29) is 47.3 Å². The fourth-order valence-corrected chi connectivity index (χ4v) is 30.7. The monoisotopic (exact) mass is 1940 g/mol. The third-order valence-electron chi connectivity index (χ3n) is 27.6. The minimum Gasteiger partial charge on any atom is -0.306 e. The molecule has 18 heteroatoms. The van der Waals surface area contributed by atoms with E-state index in [1.807, 2.05) is 45.3 Å². The molecule has 0 spiro atoms. The number of thiophene rings is 10. The fourth-order valence-electron chi connectivity index (χ4n) is 20.3. The molecule has 4 aliphatic heterocycles. The molecule has 14 rings (SSSR count). The number of nitrogens with zero attached hydrogens (tertiary/aromatic N) is 4. The van der Waals surface area contributed by atoms with Gasteiger partial charge in [-0.1, -0.05) is 305 Å². The Bertz CT molecular complexity index is 5310. The van der Waals surface area contributed by atoms with Gasteiger partial charge < -0.3 is 19.6 Å². The van der Waals surface area contributed by atoms with Crippen molar-refractivity contribution in [2.75, 3.05) is 26.2 Å². The van der Waals surface area contributed by atoms with Gasteiger partial charge in [-0.2, -0.15) is 0 Å². The number of rotatable bonds is 64. The second-order valence-electron chi connectivity index (χ2n) is 37.8. The summed E-state index contributed by atoms with van der Waals surface area (Å²) in [6.45, 7) is 20.7. The maximum atomic E-state index is 16.9. The zero-order valence-electron chi connectivity index (χ0n) is 80.2. The molecule has 4 atom stereocenters. The Kier molecular flexibility index (Phi) is 40.3. The van der Waals surface area contributed by atoms with Crippen molar-refractivity contribution in [2.24, 2.45) is 23.7 Å². The summed E-state index contributed by atoms with van der Waals surface area (Å²) in [6.07, 6.45) is 52.3. The summed E-state index contributed by atoms with van der Waals surface area (Å²) in [5.74, 6) is 0.971. The summed E-state index contributed by atoms with van der Waals surface area (Å²) in [7, 11) is 0. The van der Waals surface area contributed by atoms with Crippen LogP contribution in [0.2, 0.25) is 0 Å². The molecule has 10 aromatic rings. The van der Waals surface area contributed by atoms with Crippen LogP contribution in [-0.2, 0) is 19.2 Å². The highest BCUT2D eigenvalue weighted by molar-refractivity contribution is 7.29. The van der Waals surface area contributed by atoms with Crippen LogP contribution < -0.4 is 0 Å². The molecule has 14 heterocycles. The van der Waals surface area contributed by atoms with Crippen molar-refractivity contribution in [3.05, 3.63) is 174 Å². The van der Waals surface area contributed by atoms with Gasteiger partial charge in [-0.3, -0.25) is 19.2 Å². The average molecular weight is 1950 g/mol. The molecule has 0 radical (unpaired) electrons. The summed E-state index contributed by atoms with van der Waals surface area (Å²) < 4.78 is 0. The summed E-state index contributed by atoms with van der Waals surface area (Å²) in [6, 6.07) is 44.8. The molecule has 0 bridgehead atoms. The van der Waals surface area contributed by atoms with E-state index in [4.69, 9.17) is 0 Å². The van der Waals surface area contributed by atoms with Crippen LogP contribution in [0.4, 0.5) is 0 Å². The van der Waals surface area contributed by atoms with Gasteiger partial charge in [0.1, 0.15) is 0 Å². The Morgan fingerprint density at radius 2 is 0.344 bits per heavy atom.